The molecule has 0 aliphatic rings. The Balaban J connectivity index is 1.66. The number of thiophene rings is 1. The van der Waals surface area contributed by atoms with Crippen molar-refractivity contribution in [1.82, 2.24) is 14.9 Å². The van der Waals surface area contributed by atoms with Crippen molar-refractivity contribution in [2.24, 2.45) is 0 Å². The fourth-order valence-corrected chi connectivity index (χ4v) is 2.87. The van der Waals surface area contributed by atoms with Gasteiger partial charge in [-0.15, -0.1) is 11.3 Å². The molecule has 0 unspecified atom stereocenters. The third-order valence-corrected chi connectivity index (χ3v) is 4.24. The van der Waals surface area contributed by atoms with Crippen molar-refractivity contribution in [3.63, 3.8) is 0 Å². The molecule has 0 radical (unpaired) electrons. The fourth-order valence-electron chi connectivity index (χ4n) is 2.02. The lowest BCUT2D eigenvalue weighted by Gasteiger charge is -2.07. The van der Waals surface area contributed by atoms with E-state index >= 15 is 0 Å². The van der Waals surface area contributed by atoms with Crippen molar-refractivity contribution in [3.8, 4) is 0 Å². The van der Waals surface area contributed by atoms with Gasteiger partial charge in [-0.2, -0.15) is 0 Å². The van der Waals surface area contributed by atoms with E-state index in [0.717, 1.165) is 5.56 Å². The summed E-state index contributed by atoms with van der Waals surface area (Å²) in [6, 6.07) is 8.93. The van der Waals surface area contributed by atoms with Crippen LogP contribution in [0.1, 0.15) is 5.56 Å². The molecule has 2 heterocycles. The van der Waals surface area contributed by atoms with Gasteiger partial charge in [0.05, 0.1) is 11.7 Å². The summed E-state index contributed by atoms with van der Waals surface area (Å²) < 4.78 is 1.31. The van der Waals surface area contributed by atoms with Crippen molar-refractivity contribution >= 4 is 39.1 Å². The summed E-state index contributed by atoms with van der Waals surface area (Å²) in [7, 11) is 0. The summed E-state index contributed by atoms with van der Waals surface area (Å²) in [6.45, 7) is 0.337. The molecule has 2 aromatic heterocycles. The van der Waals surface area contributed by atoms with Gasteiger partial charge in [-0.1, -0.05) is 23.7 Å². The molecule has 1 amide bonds. The van der Waals surface area contributed by atoms with Crippen molar-refractivity contribution in [2.75, 3.05) is 0 Å². The lowest BCUT2D eigenvalue weighted by molar-refractivity contribution is -0.121. The third-order valence-electron chi connectivity index (χ3n) is 3.17. The van der Waals surface area contributed by atoms with E-state index in [9.17, 15) is 9.59 Å². The smallest absolute Gasteiger partial charge is 0.262 e. The minimum atomic E-state index is -0.242. The summed E-state index contributed by atoms with van der Waals surface area (Å²) in [4.78, 5) is 29.0. The Labute approximate surface area is 135 Å². The van der Waals surface area contributed by atoms with E-state index in [1.807, 2.05) is 17.5 Å². The average molecular weight is 334 g/mol. The SMILES string of the molecule is O=C(Cn1cnc2sccc2c1=O)NCc1ccc(Cl)cc1. The van der Waals surface area contributed by atoms with Gasteiger partial charge < -0.3 is 5.32 Å². The highest BCUT2D eigenvalue weighted by Gasteiger charge is 2.08. The lowest BCUT2D eigenvalue weighted by atomic mass is 10.2. The van der Waals surface area contributed by atoms with E-state index in [2.05, 4.69) is 10.3 Å². The molecule has 22 heavy (non-hydrogen) atoms. The van der Waals surface area contributed by atoms with Crippen molar-refractivity contribution in [2.45, 2.75) is 13.1 Å². The molecular formula is C15H12ClN3O2S. The van der Waals surface area contributed by atoms with Crippen LogP contribution in [0.3, 0.4) is 0 Å². The van der Waals surface area contributed by atoms with E-state index in [0.29, 0.717) is 21.8 Å². The molecule has 0 saturated heterocycles. The Morgan fingerprint density at radius 3 is 2.82 bits per heavy atom. The second kappa shape index (κ2) is 6.29. The van der Waals surface area contributed by atoms with Crippen LogP contribution < -0.4 is 10.9 Å². The second-order valence-electron chi connectivity index (χ2n) is 4.72. The Kier molecular flexibility index (Phi) is 4.22. The topological polar surface area (TPSA) is 64.0 Å². The maximum atomic E-state index is 12.2. The molecule has 0 aliphatic heterocycles. The number of carbonyl (C=O) groups is 1. The number of hydrogen-bond acceptors (Lipinski definition) is 4. The zero-order valence-electron chi connectivity index (χ0n) is 11.5. The van der Waals surface area contributed by atoms with Crippen LogP contribution in [0.15, 0.2) is 46.8 Å². The first-order valence-electron chi connectivity index (χ1n) is 6.57. The maximum absolute atomic E-state index is 12.2. The average Bonchev–Trinajstić information content (AvgIpc) is 2.99. The largest absolute Gasteiger partial charge is 0.350 e. The standard InChI is InChI=1S/C15H12ClN3O2S/c16-11-3-1-10(2-4-11)7-17-13(20)8-19-9-18-14-12(15(19)21)5-6-22-14/h1-6,9H,7-8H2,(H,17,20). The molecule has 1 N–H and O–H groups in total. The normalized spacial score (nSPS) is 10.8. The molecule has 0 fully saturated rings. The van der Waals surface area contributed by atoms with Crippen molar-refractivity contribution < 1.29 is 4.79 Å². The first-order chi connectivity index (χ1) is 10.6. The van der Waals surface area contributed by atoms with Gasteiger partial charge in [-0.05, 0) is 29.1 Å². The molecule has 7 heteroatoms. The summed E-state index contributed by atoms with van der Waals surface area (Å²) in [5.41, 5.74) is 0.740. The number of nitrogens with zero attached hydrogens (tertiary/aromatic N) is 2. The lowest BCUT2D eigenvalue weighted by Crippen LogP contribution is -2.32. The molecule has 5 nitrogen and oxygen atoms in total. The minimum Gasteiger partial charge on any atom is -0.350 e. The van der Waals surface area contributed by atoms with Crippen LogP contribution in [-0.4, -0.2) is 15.5 Å². The van der Waals surface area contributed by atoms with Crippen LogP contribution in [0.2, 0.25) is 5.02 Å². The van der Waals surface area contributed by atoms with Crippen LogP contribution in [0.4, 0.5) is 0 Å². The van der Waals surface area contributed by atoms with E-state index in [-0.39, 0.29) is 18.0 Å². The van der Waals surface area contributed by atoms with Gasteiger partial charge in [0.15, 0.2) is 0 Å². The van der Waals surface area contributed by atoms with Gasteiger partial charge >= 0.3 is 0 Å². The monoisotopic (exact) mass is 333 g/mol. The molecule has 0 spiro atoms. The van der Waals surface area contributed by atoms with Crippen LogP contribution in [0, 0.1) is 0 Å². The Morgan fingerprint density at radius 1 is 1.27 bits per heavy atom. The number of carbonyl (C=O) groups excluding carboxylic acids is 1. The van der Waals surface area contributed by atoms with E-state index in [4.69, 9.17) is 11.6 Å². The fraction of sp³-hybridized carbons (Fsp3) is 0.133. The number of nitrogens with one attached hydrogen (secondary N) is 1. The summed E-state index contributed by atoms with van der Waals surface area (Å²) >= 11 is 7.21. The van der Waals surface area contributed by atoms with Crippen LogP contribution in [0.25, 0.3) is 10.2 Å². The predicted octanol–water partition coefficient (Wildman–Crippen LogP) is 2.43. The van der Waals surface area contributed by atoms with E-state index in [1.54, 1.807) is 18.2 Å². The molecule has 112 valence electrons. The Morgan fingerprint density at radius 2 is 2.05 bits per heavy atom. The number of hydrogen-bond donors (Lipinski definition) is 1. The quantitative estimate of drug-likeness (QED) is 0.797. The number of benzene rings is 1. The van der Waals surface area contributed by atoms with Crippen LogP contribution in [0.5, 0.6) is 0 Å². The first kappa shape index (κ1) is 14.7. The summed E-state index contributed by atoms with van der Waals surface area (Å²) in [5.74, 6) is -0.242. The molecule has 0 atom stereocenters. The van der Waals surface area contributed by atoms with Gasteiger partial charge in [0.25, 0.3) is 5.56 Å². The van der Waals surface area contributed by atoms with Crippen molar-refractivity contribution in [3.05, 3.63) is 63.0 Å². The van der Waals surface area contributed by atoms with Gasteiger partial charge in [0.2, 0.25) is 5.91 Å². The number of aromatic nitrogens is 2. The second-order valence-corrected chi connectivity index (χ2v) is 6.05. The van der Waals surface area contributed by atoms with Gasteiger partial charge in [-0.3, -0.25) is 14.2 Å². The highest BCUT2D eigenvalue weighted by Crippen LogP contribution is 2.13. The zero-order valence-corrected chi connectivity index (χ0v) is 13.0. The Hall–Kier alpha value is -2.18. The number of rotatable bonds is 4. The summed E-state index contributed by atoms with van der Waals surface area (Å²) in [5, 5.41) is 5.77. The van der Waals surface area contributed by atoms with E-state index in [1.165, 1.54) is 22.2 Å². The number of fused-ring (bicyclic) bond motifs is 1. The molecular weight excluding hydrogens is 322 g/mol. The molecule has 0 aliphatic carbocycles. The van der Waals surface area contributed by atoms with Crippen molar-refractivity contribution in [1.29, 1.82) is 0 Å². The number of halogens is 1. The van der Waals surface area contributed by atoms with Crippen LogP contribution >= 0.6 is 22.9 Å². The zero-order chi connectivity index (χ0) is 15.5. The van der Waals surface area contributed by atoms with Gasteiger partial charge in [-0.25, -0.2) is 4.98 Å². The molecule has 0 saturated carbocycles. The van der Waals surface area contributed by atoms with E-state index < -0.39 is 0 Å². The van der Waals surface area contributed by atoms with Crippen LogP contribution in [-0.2, 0) is 17.9 Å². The minimum absolute atomic E-state index is 0.0504. The molecule has 0 bridgehead atoms. The van der Waals surface area contributed by atoms with Gasteiger partial charge in [0.1, 0.15) is 11.4 Å². The molecule has 1 aromatic carbocycles. The highest BCUT2D eigenvalue weighted by molar-refractivity contribution is 7.16. The molecule has 3 rings (SSSR count). The Bertz CT molecular complexity index is 870. The maximum Gasteiger partial charge on any atom is 0.262 e. The highest BCUT2D eigenvalue weighted by atomic mass is 35.5. The predicted molar refractivity (Wildman–Crippen MR) is 87.2 cm³/mol. The third kappa shape index (κ3) is 3.18. The first-order valence-corrected chi connectivity index (χ1v) is 7.83. The molecule has 3 aromatic rings. The number of amides is 1. The summed E-state index contributed by atoms with van der Waals surface area (Å²) in [6.07, 6.45) is 1.41. The van der Waals surface area contributed by atoms with Gasteiger partial charge in [0, 0.05) is 11.6 Å².